The molecule has 0 aliphatic carbocycles. The lowest BCUT2D eigenvalue weighted by Gasteiger charge is -2.14. The number of aliphatic imine (C=N–C) groups is 1. The topological polar surface area (TPSA) is 66.7 Å². The molecule has 5 nitrogen and oxygen atoms in total. The highest BCUT2D eigenvalue weighted by atomic mass is 19.1. The molecule has 156 valence electrons. The average Bonchev–Trinajstić information content (AvgIpc) is 2.71. The van der Waals surface area contributed by atoms with Crippen LogP contribution in [0.3, 0.4) is 0 Å². The molecule has 0 saturated carbocycles. The summed E-state index contributed by atoms with van der Waals surface area (Å²) in [5.74, 6) is -0.311. The molecule has 1 aromatic heterocycles. The molecule has 3 aromatic rings. The number of benzene rings is 2. The summed E-state index contributed by atoms with van der Waals surface area (Å²) in [7, 11) is 0. The van der Waals surface area contributed by atoms with Crippen molar-refractivity contribution in [2.75, 3.05) is 0 Å². The van der Waals surface area contributed by atoms with Gasteiger partial charge >= 0.3 is 0 Å². The molecule has 0 saturated heterocycles. The molecule has 0 fully saturated rings. The van der Waals surface area contributed by atoms with Crippen LogP contribution in [0.2, 0.25) is 0 Å². The molecule has 0 aliphatic rings. The number of rotatable bonds is 6. The van der Waals surface area contributed by atoms with Crippen molar-refractivity contribution in [3.8, 4) is 11.6 Å². The summed E-state index contributed by atoms with van der Waals surface area (Å²) in [5, 5.41) is 9.62. The van der Waals surface area contributed by atoms with Gasteiger partial charge in [-0.3, -0.25) is 15.7 Å². The van der Waals surface area contributed by atoms with Crippen molar-refractivity contribution >= 4 is 5.84 Å². The summed E-state index contributed by atoms with van der Waals surface area (Å²) >= 11 is 0. The molecule has 0 spiro atoms. The lowest BCUT2D eigenvalue weighted by molar-refractivity contribution is 0.234. The second-order valence-electron chi connectivity index (χ2n) is 7.11. The van der Waals surface area contributed by atoms with Gasteiger partial charge in [0.25, 0.3) is 0 Å². The molecule has 0 unspecified atom stereocenters. The van der Waals surface area contributed by atoms with Crippen LogP contribution in [-0.2, 0) is 6.54 Å². The Balaban J connectivity index is 1.95. The molecule has 3 rings (SSSR count). The van der Waals surface area contributed by atoms with Crippen molar-refractivity contribution in [2.45, 2.75) is 33.2 Å². The largest absolute Gasteiger partial charge is 0.438 e. The van der Waals surface area contributed by atoms with E-state index < -0.39 is 11.6 Å². The molecular formula is C23H23F2N3O2. The van der Waals surface area contributed by atoms with E-state index in [1.165, 1.54) is 6.07 Å². The zero-order valence-corrected chi connectivity index (χ0v) is 17.0. The minimum atomic E-state index is -0.708. The third-order valence-electron chi connectivity index (χ3n) is 4.56. The molecule has 0 atom stereocenters. The minimum absolute atomic E-state index is 0.0137. The fraction of sp³-hybridized carbons (Fsp3) is 0.217. The number of hydrogen-bond acceptors (Lipinski definition) is 4. The second-order valence-corrected chi connectivity index (χ2v) is 7.11. The Morgan fingerprint density at radius 3 is 2.47 bits per heavy atom. The van der Waals surface area contributed by atoms with Gasteiger partial charge in [0, 0.05) is 11.3 Å². The number of nitrogens with one attached hydrogen (secondary N) is 1. The van der Waals surface area contributed by atoms with E-state index >= 15 is 0 Å². The van der Waals surface area contributed by atoms with Crippen molar-refractivity contribution in [2.24, 2.45) is 4.99 Å². The first kappa shape index (κ1) is 21.4. The third-order valence-corrected chi connectivity index (χ3v) is 4.56. The highest BCUT2D eigenvalue weighted by Gasteiger charge is 2.15. The maximum atomic E-state index is 13.9. The number of hydrogen-bond donors (Lipinski definition) is 2. The summed E-state index contributed by atoms with van der Waals surface area (Å²) in [5.41, 5.74) is 3.95. The monoisotopic (exact) mass is 411 g/mol. The number of aryl methyl sites for hydroxylation is 1. The van der Waals surface area contributed by atoms with Crippen LogP contribution in [0.4, 0.5) is 8.78 Å². The molecule has 2 aromatic carbocycles. The summed E-state index contributed by atoms with van der Waals surface area (Å²) in [6.07, 6.45) is 0. The van der Waals surface area contributed by atoms with Gasteiger partial charge in [0.05, 0.1) is 12.1 Å². The molecule has 0 radical (unpaired) electrons. The maximum Gasteiger partial charge on any atom is 0.230 e. The van der Waals surface area contributed by atoms with E-state index in [1.54, 1.807) is 25.1 Å². The highest BCUT2D eigenvalue weighted by Crippen LogP contribution is 2.27. The zero-order chi connectivity index (χ0) is 21.7. The Hall–Kier alpha value is -3.32. The Bertz CT molecular complexity index is 1050. The molecule has 2 N–H and O–H groups in total. The van der Waals surface area contributed by atoms with Gasteiger partial charge in [-0.05, 0) is 54.8 Å². The van der Waals surface area contributed by atoms with Crippen molar-refractivity contribution in [1.82, 2.24) is 10.5 Å². The first-order valence-corrected chi connectivity index (χ1v) is 9.52. The first-order chi connectivity index (χ1) is 14.4. The molecular weight excluding hydrogens is 388 g/mol. The van der Waals surface area contributed by atoms with Crippen LogP contribution in [0.15, 0.2) is 59.6 Å². The van der Waals surface area contributed by atoms with Crippen LogP contribution in [0.1, 0.15) is 42.1 Å². The quantitative estimate of drug-likeness (QED) is 0.319. The fourth-order valence-electron chi connectivity index (χ4n) is 2.86. The number of pyridine rings is 1. The van der Waals surface area contributed by atoms with Crippen LogP contribution in [0.5, 0.6) is 11.6 Å². The summed E-state index contributed by atoms with van der Waals surface area (Å²) in [6, 6.07) is 14.6. The van der Waals surface area contributed by atoms with Crippen molar-refractivity contribution in [3.63, 3.8) is 0 Å². The number of halogens is 2. The predicted octanol–water partition coefficient (Wildman–Crippen LogP) is 5.51. The van der Waals surface area contributed by atoms with E-state index in [4.69, 9.17) is 4.74 Å². The van der Waals surface area contributed by atoms with Crippen molar-refractivity contribution in [3.05, 3.63) is 88.6 Å². The van der Waals surface area contributed by atoms with Crippen LogP contribution in [0, 0.1) is 18.6 Å². The lowest BCUT2D eigenvalue weighted by atomic mass is 10.0. The second kappa shape index (κ2) is 9.45. The summed E-state index contributed by atoms with van der Waals surface area (Å²) in [6.45, 7) is 5.66. The van der Waals surface area contributed by atoms with Gasteiger partial charge in [0.15, 0.2) is 5.84 Å². The minimum Gasteiger partial charge on any atom is -0.438 e. The van der Waals surface area contributed by atoms with E-state index in [0.29, 0.717) is 22.9 Å². The Morgan fingerprint density at radius 1 is 1.10 bits per heavy atom. The van der Waals surface area contributed by atoms with Gasteiger partial charge in [-0.2, -0.15) is 0 Å². The van der Waals surface area contributed by atoms with E-state index in [0.717, 1.165) is 17.7 Å². The van der Waals surface area contributed by atoms with Crippen LogP contribution >= 0.6 is 0 Å². The first-order valence-electron chi connectivity index (χ1n) is 9.52. The number of nitrogens with zero attached hydrogens (tertiary/aromatic N) is 2. The van der Waals surface area contributed by atoms with Gasteiger partial charge < -0.3 is 4.74 Å². The normalized spacial score (nSPS) is 11.6. The summed E-state index contributed by atoms with van der Waals surface area (Å²) in [4.78, 5) is 8.54. The maximum absolute atomic E-state index is 13.9. The molecule has 7 heteroatoms. The van der Waals surface area contributed by atoms with Crippen molar-refractivity contribution in [1.29, 1.82) is 0 Å². The van der Waals surface area contributed by atoms with Gasteiger partial charge in [0.1, 0.15) is 17.4 Å². The Kier molecular flexibility index (Phi) is 6.74. The Labute approximate surface area is 174 Å². The fourth-order valence-corrected chi connectivity index (χ4v) is 2.86. The Morgan fingerprint density at radius 2 is 1.80 bits per heavy atom. The molecule has 0 amide bonds. The van der Waals surface area contributed by atoms with E-state index in [9.17, 15) is 14.0 Å². The highest BCUT2D eigenvalue weighted by molar-refractivity contribution is 6.00. The smallest absolute Gasteiger partial charge is 0.230 e. The molecule has 0 bridgehead atoms. The number of aromatic nitrogens is 1. The average molecular weight is 411 g/mol. The van der Waals surface area contributed by atoms with Gasteiger partial charge in [-0.15, -0.1) is 0 Å². The van der Waals surface area contributed by atoms with Gasteiger partial charge in [-0.1, -0.05) is 32.0 Å². The predicted molar refractivity (Wildman–Crippen MR) is 111 cm³/mol. The van der Waals surface area contributed by atoms with E-state index in [1.807, 2.05) is 23.7 Å². The SMILES string of the molecule is Cc1ccc(C(=NCc2c(F)cccc2F)NO)c(Oc2cccc(C(C)C)c2)n1. The molecule has 1 heterocycles. The molecule has 0 aliphatic heterocycles. The number of ether oxygens (including phenoxy) is 1. The lowest BCUT2D eigenvalue weighted by Crippen LogP contribution is -2.22. The standard InChI is InChI=1S/C23H23F2N3O2/c1-14(2)16-6-4-7-17(12-16)30-23-18(11-10-15(3)27-23)22(28-29)26-13-19-20(24)8-5-9-21(19)25/h4-12,14,29H,13H2,1-3H3,(H,26,28). The van der Waals surface area contributed by atoms with E-state index in [-0.39, 0.29) is 23.8 Å². The van der Waals surface area contributed by atoms with Gasteiger partial charge in [-0.25, -0.2) is 13.8 Å². The molecule has 30 heavy (non-hydrogen) atoms. The van der Waals surface area contributed by atoms with Crippen LogP contribution < -0.4 is 10.2 Å². The van der Waals surface area contributed by atoms with Crippen LogP contribution in [-0.4, -0.2) is 16.0 Å². The van der Waals surface area contributed by atoms with Gasteiger partial charge in [0.2, 0.25) is 5.88 Å². The zero-order valence-electron chi connectivity index (χ0n) is 17.0. The van der Waals surface area contributed by atoms with Crippen LogP contribution in [0.25, 0.3) is 0 Å². The summed E-state index contributed by atoms with van der Waals surface area (Å²) < 4.78 is 33.8. The van der Waals surface area contributed by atoms with E-state index in [2.05, 4.69) is 23.8 Å². The third kappa shape index (κ3) is 4.99. The number of hydroxylamine groups is 1. The van der Waals surface area contributed by atoms with Crippen molar-refractivity contribution < 1.29 is 18.7 Å². The number of amidine groups is 1.